The van der Waals surface area contributed by atoms with Gasteiger partial charge in [0.1, 0.15) is 0 Å². The summed E-state index contributed by atoms with van der Waals surface area (Å²) in [6.07, 6.45) is -6.49. The molecule has 0 spiro atoms. The zero-order valence-electron chi connectivity index (χ0n) is 20.6. The number of pyridine rings is 2. The maximum atomic E-state index is 13.3. The molecule has 0 N–H and O–H groups in total. The fourth-order valence-electron chi connectivity index (χ4n) is 4.75. The summed E-state index contributed by atoms with van der Waals surface area (Å²) in [6, 6.07) is 26.0. The van der Waals surface area contributed by atoms with Crippen molar-refractivity contribution in [1.82, 2.24) is 9.97 Å². The van der Waals surface area contributed by atoms with Crippen molar-refractivity contribution in [3.8, 4) is 33.5 Å². The van der Waals surface area contributed by atoms with Gasteiger partial charge in [0.25, 0.3) is 0 Å². The van der Waals surface area contributed by atoms with Gasteiger partial charge in [-0.25, -0.2) is 0 Å². The van der Waals surface area contributed by atoms with Crippen LogP contribution in [0.2, 0.25) is 0 Å². The molecular formula is C32H18F6N2. The first-order valence-electron chi connectivity index (χ1n) is 12.2. The number of hydrogen-bond donors (Lipinski definition) is 0. The highest BCUT2D eigenvalue weighted by molar-refractivity contribution is 5.96. The molecule has 0 radical (unpaired) electrons. The van der Waals surface area contributed by atoms with Crippen molar-refractivity contribution in [2.24, 2.45) is 0 Å². The molecule has 0 saturated carbocycles. The van der Waals surface area contributed by atoms with E-state index >= 15 is 0 Å². The minimum absolute atomic E-state index is 0.120. The molecule has 0 unspecified atom stereocenters. The van der Waals surface area contributed by atoms with Crippen LogP contribution in [0.4, 0.5) is 26.3 Å². The van der Waals surface area contributed by atoms with E-state index in [4.69, 9.17) is 0 Å². The van der Waals surface area contributed by atoms with Crippen LogP contribution in [0.15, 0.2) is 109 Å². The van der Waals surface area contributed by atoms with Gasteiger partial charge in [0.05, 0.1) is 22.3 Å². The molecule has 4 aromatic carbocycles. The van der Waals surface area contributed by atoms with E-state index in [2.05, 4.69) is 9.97 Å². The summed E-state index contributed by atoms with van der Waals surface area (Å²) in [5, 5.41) is 2.89. The molecule has 0 saturated heterocycles. The highest BCUT2D eigenvalue weighted by atomic mass is 19.4. The zero-order chi connectivity index (χ0) is 28.1. The van der Waals surface area contributed by atoms with Crippen molar-refractivity contribution in [3.63, 3.8) is 0 Å². The van der Waals surface area contributed by atoms with Gasteiger partial charge in [0.2, 0.25) is 0 Å². The Morgan fingerprint density at radius 2 is 1.15 bits per heavy atom. The molecule has 0 fully saturated rings. The first kappa shape index (κ1) is 25.6. The summed E-state index contributed by atoms with van der Waals surface area (Å²) in [6.45, 7) is 0. The van der Waals surface area contributed by atoms with E-state index in [-0.39, 0.29) is 17.2 Å². The molecule has 2 aromatic heterocycles. The van der Waals surface area contributed by atoms with Gasteiger partial charge in [-0.05, 0) is 58.3 Å². The summed E-state index contributed by atoms with van der Waals surface area (Å²) in [5.74, 6) is 0. The molecule has 198 valence electrons. The fourth-order valence-corrected chi connectivity index (χ4v) is 4.75. The fraction of sp³-hybridized carbons (Fsp3) is 0.0625. The third-order valence-electron chi connectivity index (χ3n) is 6.77. The Hall–Kier alpha value is -4.72. The lowest BCUT2D eigenvalue weighted by Gasteiger charge is -2.14. The SMILES string of the molecule is FC(F)(F)c1cc(-c2ccc3cc(-c4ccc(-c5cccc6ccccc56)nc4)cnc3c2)cc(C(F)(F)F)c1. The van der Waals surface area contributed by atoms with E-state index in [0.717, 1.165) is 33.2 Å². The molecule has 0 amide bonds. The molecular weight excluding hydrogens is 526 g/mol. The van der Waals surface area contributed by atoms with Crippen LogP contribution in [-0.4, -0.2) is 9.97 Å². The van der Waals surface area contributed by atoms with E-state index in [9.17, 15) is 26.3 Å². The minimum Gasteiger partial charge on any atom is -0.256 e. The first-order valence-corrected chi connectivity index (χ1v) is 12.2. The second-order valence-electron chi connectivity index (χ2n) is 9.38. The van der Waals surface area contributed by atoms with Crippen LogP contribution in [0.25, 0.3) is 55.2 Å². The number of hydrogen-bond acceptors (Lipinski definition) is 2. The monoisotopic (exact) mass is 544 g/mol. The van der Waals surface area contributed by atoms with E-state index in [1.807, 2.05) is 60.7 Å². The Bertz CT molecular complexity index is 1840. The molecule has 6 rings (SSSR count). The predicted molar refractivity (Wildman–Crippen MR) is 143 cm³/mol. The van der Waals surface area contributed by atoms with E-state index in [1.54, 1.807) is 18.5 Å². The second kappa shape index (κ2) is 9.48. The highest BCUT2D eigenvalue weighted by Crippen LogP contribution is 2.39. The molecule has 2 nitrogen and oxygen atoms in total. The molecule has 2 heterocycles. The average Bonchev–Trinajstić information content (AvgIpc) is 2.95. The molecule has 0 aliphatic rings. The maximum absolute atomic E-state index is 13.3. The third-order valence-corrected chi connectivity index (χ3v) is 6.77. The van der Waals surface area contributed by atoms with Crippen LogP contribution >= 0.6 is 0 Å². The van der Waals surface area contributed by atoms with Gasteiger partial charge >= 0.3 is 12.4 Å². The van der Waals surface area contributed by atoms with Gasteiger partial charge in [-0.1, -0.05) is 60.7 Å². The molecule has 6 aromatic rings. The van der Waals surface area contributed by atoms with Gasteiger partial charge in [0, 0.05) is 34.5 Å². The quantitative estimate of drug-likeness (QED) is 0.207. The van der Waals surface area contributed by atoms with Gasteiger partial charge in [-0.2, -0.15) is 26.3 Å². The van der Waals surface area contributed by atoms with Crippen molar-refractivity contribution in [2.45, 2.75) is 12.4 Å². The van der Waals surface area contributed by atoms with E-state index < -0.39 is 23.5 Å². The van der Waals surface area contributed by atoms with Gasteiger partial charge < -0.3 is 0 Å². The molecule has 0 aliphatic heterocycles. The summed E-state index contributed by atoms with van der Waals surface area (Å²) in [7, 11) is 0. The van der Waals surface area contributed by atoms with Gasteiger partial charge in [-0.15, -0.1) is 0 Å². The van der Waals surface area contributed by atoms with Crippen LogP contribution in [0.5, 0.6) is 0 Å². The lowest BCUT2D eigenvalue weighted by molar-refractivity contribution is -0.143. The van der Waals surface area contributed by atoms with Crippen molar-refractivity contribution < 1.29 is 26.3 Å². The van der Waals surface area contributed by atoms with Crippen LogP contribution in [0.1, 0.15) is 11.1 Å². The lowest BCUT2D eigenvalue weighted by Crippen LogP contribution is -2.11. The van der Waals surface area contributed by atoms with Crippen molar-refractivity contribution in [3.05, 3.63) is 121 Å². The van der Waals surface area contributed by atoms with Crippen molar-refractivity contribution in [2.75, 3.05) is 0 Å². The molecule has 0 bridgehead atoms. The smallest absolute Gasteiger partial charge is 0.256 e. The van der Waals surface area contributed by atoms with Gasteiger partial charge in [0.15, 0.2) is 0 Å². The standard InChI is InChI=1S/C32H18F6N2/c33-31(34,35)25-13-23(14-26(16-25)32(36,37)38)20-8-9-21-12-24(18-40-30(21)15-20)22-10-11-29(39-17-22)28-7-3-5-19-4-1-2-6-27(19)28/h1-18H. The Kier molecular flexibility index (Phi) is 6.06. The molecule has 8 heteroatoms. The lowest BCUT2D eigenvalue weighted by atomic mass is 9.97. The number of benzene rings is 4. The number of alkyl halides is 6. The molecule has 40 heavy (non-hydrogen) atoms. The van der Waals surface area contributed by atoms with Crippen molar-refractivity contribution >= 4 is 21.7 Å². The summed E-state index contributed by atoms with van der Waals surface area (Å²) >= 11 is 0. The summed E-state index contributed by atoms with van der Waals surface area (Å²) in [4.78, 5) is 9.09. The highest BCUT2D eigenvalue weighted by Gasteiger charge is 2.37. The van der Waals surface area contributed by atoms with Crippen LogP contribution < -0.4 is 0 Å². The summed E-state index contributed by atoms with van der Waals surface area (Å²) < 4.78 is 79.9. The topological polar surface area (TPSA) is 25.8 Å². The Balaban J connectivity index is 1.34. The number of rotatable bonds is 3. The molecule has 0 aliphatic carbocycles. The molecule has 0 atom stereocenters. The number of fused-ring (bicyclic) bond motifs is 2. The predicted octanol–water partition coefficient (Wildman–Crippen LogP) is 9.82. The van der Waals surface area contributed by atoms with Crippen molar-refractivity contribution in [1.29, 1.82) is 0 Å². The van der Waals surface area contributed by atoms with Gasteiger partial charge in [-0.3, -0.25) is 9.97 Å². The normalized spacial score (nSPS) is 12.2. The maximum Gasteiger partial charge on any atom is 0.416 e. The Labute approximate surface area is 224 Å². The minimum atomic E-state index is -4.92. The largest absolute Gasteiger partial charge is 0.416 e. The summed E-state index contributed by atoms with van der Waals surface area (Å²) in [5.41, 5.74) is 1.14. The first-order chi connectivity index (χ1) is 19.1. The van der Waals surface area contributed by atoms with Crippen LogP contribution in [0, 0.1) is 0 Å². The Morgan fingerprint density at radius 3 is 1.85 bits per heavy atom. The zero-order valence-corrected chi connectivity index (χ0v) is 20.6. The number of halogens is 6. The van der Waals surface area contributed by atoms with E-state index in [1.165, 1.54) is 12.1 Å². The average molecular weight is 544 g/mol. The van der Waals surface area contributed by atoms with Crippen LogP contribution in [0.3, 0.4) is 0 Å². The Morgan fingerprint density at radius 1 is 0.475 bits per heavy atom. The second-order valence-corrected chi connectivity index (χ2v) is 9.38. The van der Waals surface area contributed by atoms with E-state index in [0.29, 0.717) is 23.0 Å². The number of aromatic nitrogens is 2. The van der Waals surface area contributed by atoms with Crippen LogP contribution in [-0.2, 0) is 12.4 Å². The third kappa shape index (κ3) is 4.88. The number of nitrogens with zero attached hydrogens (tertiary/aromatic N) is 2.